The summed E-state index contributed by atoms with van der Waals surface area (Å²) >= 11 is 1.20. The van der Waals surface area contributed by atoms with Gasteiger partial charge in [0.05, 0.1) is 21.2 Å². The number of benzene rings is 1. The number of nitrogens with one attached hydrogen (secondary N) is 1. The zero-order chi connectivity index (χ0) is 17.2. The van der Waals surface area contributed by atoms with Crippen molar-refractivity contribution in [1.29, 1.82) is 0 Å². The zero-order valence-electron chi connectivity index (χ0n) is 12.2. The first-order valence-electron chi connectivity index (χ1n) is 6.23. The SMILES string of the molecule is C/C(=N\NS(=O)(=O)c1ccc(C)c([N+](=O)[O-])c1)c1csc(N)n1. The summed E-state index contributed by atoms with van der Waals surface area (Å²) in [5.41, 5.74) is 6.36. The molecule has 0 fully saturated rings. The van der Waals surface area contributed by atoms with Crippen molar-refractivity contribution in [1.82, 2.24) is 9.82 Å². The summed E-state index contributed by atoms with van der Waals surface area (Å²) in [5, 5.41) is 16.6. The van der Waals surface area contributed by atoms with E-state index in [1.165, 1.54) is 30.4 Å². The lowest BCUT2D eigenvalue weighted by Gasteiger charge is -2.05. The molecule has 2 rings (SSSR count). The molecule has 0 aliphatic heterocycles. The molecule has 0 saturated heterocycles. The van der Waals surface area contributed by atoms with Crippen molar-refractivity contribution in [2.45, 2.75) is 18.7 Å². The molecule has 0 aliphatic carbocycles. The van der Waals surface area contributed by atoms with Crippen LogP contribution in [-0.4, -0.2) is 24.0 Å². The molecular weight excluding hydrogens is 342 g/mol. The molecule has 1 aromatic carbocycles. The summed E-state index contributed by atoms with van der Waals surface area (Å²) < 4.78 is 24.4. The highest BCUT2D eigenvalue weighted by Gasteiger charge is 2.19. The van der Waals surface area contributed by atoms with Crippen LogP contribution in [0.1, 0.15) is 18.2 Å². The standard InChI is InChI=1S/C12H13N5O4S2/c1-7-3-4-9(5-11(7)17(18)19)23(20,21)16-15-8(2)10-6-22-12(13)14-10/h3-6,16H,1-2H3,(H2,13,14)/b15-8+. The Hall–Kier alpha value is -2.53. The summed E-state index contributed by atoms with van der Waals surface area (Å²) in [6.45, 7) is 3.09. The minimum atomic E-state index is -4.03. The first-order chi connectivity index (χ1) is 10.7. The van der Waals surface area contributed by atoms with Gasteiger partial charge in [-0.2, -0.15) is 18.4 Å². The van der Waals surface area contributed by atoms with Gasteiger partial charge in [0.25, 0.3) is 15.7 Å². The average molecular weight is 355 g/mol. The summed E-state index contributed by atoms with van der Waals surface area (Å²) in [5.74, 6) is 0. The van der Waals surface area contributed by atoms with E-state index in [1.54, 1.807) is 12.3 Å². The van der Waals surface area contributed by atoms with Crippen LogP contribution in [-0.2, 0) is 10.0 Å². The van der Waals surface area contributed by atoms with E-state index in [9.17, 15) is 18.5 Å². The quantitative estimate of drug-likeness (QED) is 0.474. The number of sulfonamides is 1. The zero-order valence-corrected chi connectivity index (χ0v) is 13.8. The van der Waals surface area contributed by atoms with E-state index >= 15 is 0 Å². The van der Waals surface area contributed by atoms with E-state index < -0.39 is 14.9 Å². The van der Waals surface area contributed by atoms with Gasteiger partial charge >= 0.3 is 0 Å². The third-order valence-electron chi connectivity index (χ3n) is 2.91. The lowest BCUT2D eigenvalue weighted by molar-refractivity contribution is -0.385. The number of nitrogens with two attached hydrogens (primary N) is 1. The number of anilines is 1. The van der Waals surface area contributed by atoms with Crippen LogP contribution < -0.4 is 10.6 Å². The molecule has 0 aliphatic rings. The Labute approximate surface area is 136 Å². The number of thiazole rings is 1. The molecular formula is C12H13N5O4S2. The lowest BCUT2D eigenvalue weighted by atomic mass is 10.2. The molecule has 11 heteroatoms. The highest BCUT2D eigenvalue weighted by Crippen LogP contribution is 2.22. The van der Waals surface area contributed by atoms with Gasteiger partial charge in [-0.25, -0.2) is 4.98 Å². The van der Waals surface area contributed by atoms with Crippen molar-refractivity contribution in [2.24, 2.45) is 5.10 Å². The predicted octanol–water partition coefficient (Wildman–Crippen LogP) is 1.64. The minimum Gasteiger partial charge on any atom is -0.375 e. The number of nitro benzene ring substituents is 1. The predicted molar refractivity (Wildman–Crippen MR) is 86.9 cm³/mol. The molecule has 1 aromatic heterocycles. The maximum atomic E-state index is 12.2. The van der Waals surface area contributed by atoms with E-state index in [0.29, 0.717) is 22.1 Å². The van der Waals surface area contributed by atoms with Crippen LogP contribution in [0.2, 0.25) is 0 Å². The summed E-state index contributed by atoms with van der Waals surface area (Å²) in [4.78, 5) is 16.0. The Balaban J connectivity index is 2.29. The number of rotatable bonds is 5. The van der Waals surface area contributed by atoms with Crippen LogP contribution in [0.15, 0.2) is 33.6 Å². The molecule has 0 saturated carbocycles. The molecule has 0 bridgehead atoms. The normalized spacial score (nSPS) is 12.2. The summed E-state index contributed by atoms with van der Waals surface area (Å²) in [7, 11) is -4.03. The smallest absolute Gasteiger partial charge is 0.276 e. The topological polar surface area (TPSA) is 141 Å². The first kappa shape index (κ1) is 16.8. The van der Waals surface area contributed by atoms with Crippen molar-refractivity contribution >= 4 is 37.9 Å². The van der Waals surface area contributed by atoms with Crippen molar-refractivity contribution in [2.75, 3.05) is 5.73 Å². The van der Waals surface area contributed by atoms with Crippen LogP contribution in [0.5, 0.6) is 0 Å². The molecule has 3 N–H and O–H groups in total. The number of nitrogens with zero attached hydrogens (tertiary/aromatic N) is 3. The number of nitro groups is 1. The molecule has 122 valence electrons. The monoisotopic (exact) mass is 355 g/mol. The molecule has 23 heavy (non-hydrogen) atoms. The van der Waals surface area contributed by atoms with Crippen molar-refractivity contribution in [3.05, 3.63) is 45.0 Å². The highest BCUT2D eigenvalue weighted by molar-refractivity contribution is 7.89. The second-order valence-electron chi connectivity index (χ2n) is 4.57. The number of aryl methyl sites for hydroxylation is 1. The second kappa shape index (κ2) is 6.30. The van der Waals surface area contributed by atoms with Gasteiger partial charge in [0.15, 0.2) is 5.13 Å². The van der Waals surface area contributed by atoms with Gasteiger partial charge in [0.1, 0.15) is 0 Å². The second-order valence-corrected chi connectivity index (χ2v) is 7.12. The average Bonchev–Trinajstić information content (AvgIpc) is 2.91. The maximum absolute atomic E-state index is 12.2. The Morgan fingerprint density at radius 3 is 2.74 bits per heavy atom. The molecule has 2 aromatic rings. The number of hydrogen-bond donors (Lipinski definition) is 2. The van der Waals surface area contributed by atoms with Crippen molar-refractivity contribution in [3.63, 3.8) is 0 Å². The van der Waals surface area contributed by atoms with Gasteiger partial charge in [-0.1, -0.05) is 6.07 Å². The minimum absolute atomic E-state index is 0.246. The van der Waals surface area contributed by atoms with Gasteiger partial charge in [-0.15, -0.1) is 11.3 Å². The third-order valence-corrected chi connectivity index (χ3v) is 4.79. The lowest BCUT2D eigenvalue weighted by Crippen LogP contribution is -2.20. The van der Waals surface area contributed by atoms with Crippen LogP contribution in [0.3, 0.4) is 0 Å². The summed E-state index contributed by atoms with van der Waals surface area (Å²) in [6.07, 6.45) is 0. The van der Waals surface area contributed by atoms with Gasteiger partial charge in [0, 0.05) is 17.0 Å². The molecule has 0 spiro atoms. The fraction of sp³-hybridized carbons (Fsp3) is 0.167. The van der Waals surface area contributed by atoms with E-state index in [2.05, 4.69) is 10.1 Å². The van der Waals surface area contributed by atoms with Crippen LogP contribution >= 0.6 is 11.3 Å². The fourth-order valence-corrected chi connectivity index (χ4v) is 3.13. The first-order valence-corrected chi connectivity index (χ1v) is 8.59. The number of aromatic nitrogens is 1. The van der Waals surface area contributed by atoms with E-state index in [1.807, 2.05) is 4.83 Å². The molecule has 9 nitrogen and oxygen atoms in total. The van der Waals surface area contributed by atoms with Crippen molar-refractivity contribution < 1.29 is 13.3 Å². The van der Waals surface area contributed by atoms with Gasteiger partial charge in [-0.05, 0) is 19.9 Å². The molecule has 1 heterocycles. The fourth-order valence-electron chi connectivity index (χ4n) is 1.65. The van der Waals surface area contributed by atoms with E-state index in [-0.39, 0.29) is 10.6 Å². The highest BCUT2D eigenvalue weighted by atomic mass is 32.2. The largest absolute Gasteiger partial charge is 0.375 e. The molecule has 0 unspecified atom stereocenters. The Morgan fingerprint density at radius 2 is 2.17 bits per heavy atom. The van der Waals surface area contributed by atoms with Crippen LogP contribution in [0.4, 0.5) is 10.8 Å². The van der Waals surface area contributed by atoms with Crippen LogP contribution in [0, 0.1) is 17.0 Å². The number of hydrazone groups is 1. The van der Waals surface area contributed by atoms with Gasteiger partial charge in [0.2, 0.25) is 0 Å². The Kier molecular flexibility index (Phi) is 4.61. The summed E-state index contributed by atoms with van der Waals surface area (Å²) in [6, 6.07) is 3.63. The van der Waals surface area contributed by atoms with Crippen LogP contribution in [0.25, 0.3) is 0 Å². The van der Waals surface area contributed by atoms with Gasteiger partial charge < -0.3 is 5.73 Å². The molecule has 0 radical (unpaired) electrons. The van der Waals surface area contributed by atoms with Crippen molar-refractivity contribution in [3.8, 4) is 0 Å². The number of nitrogen functional groups attached to an aromatic ring is 1. The Morgan fingerprint density at radius 1 is 1.48 bits per heavy atom. The van der Waals surface area contributed by atoms with Gasteiger partial charge in [-0.3, -0.25) is 10.1 Å². The Bertz CT molecular complexity index is 889. The van der Waals surface area contributed by atoms with E-state index in [0.717, 1.165) is 6.07 Å². The molecule has 0 atom stereocenters. The third kappa shape index (κ3) is 3.81. The maximum Gasteiger partial charge on any atom is 0.276 e. The number of hydrogen-bond acceptors (Lipinski definition) is 8. The molecule has 0 amide bonds. The van der Waals surface area contributed by atoms with E-state index in [4.69, 9.17) is 5.73 Å².